The molecule has 0 fully saturated rings. The minimum Gasteiger partial charge on any atom is -0.494 e. The molecule has 0 saturated heterocycles. The Morgan fingerprint density at radius 2 is 1.71 bits per heavy atom. The molecule has 0 bridgehead atoms. The normalized spacial score (nSPS) is 19.4. The van der Waals surface area contributed by atoms with Crippen LogP contribution in [0.2, 0.25) is 0 Å². The van der Waals surface area contributed by atoms with Gasteiger partial charge in [0.2, 0.25) is 5.91 Å². The molecule has 1 aliphatic rings. The van der Waals surface area contributed by atoms with Crippen molar-refractivity contribution in [1.82, 2.24) is 10.9 Å². The van der Waals surface area contributed by atoms with Gasteiger partial charge in [-0.2, -0.15) is 0 Å². The lowest BCUT2D eigenvalue weighted by Crippen LogP contribution is -2.47. The van der Waals surface area contributed by atoms with Gasteiger partial charge in [-0.05, 0) is 44.0 Å². The number of carbonyl (C=O) groups excluding carboxylic acids is 2. The zero-order valence-electron chi connectivity index (χ0n) is 13.3. The summed E-state index contributed by atoms with van der Waals surface area (Å²) in [4.78, 5) is 35.4. The van der Waals surface area contributed by atoms with E-state index < -0.39 is 29.6 Å². The van der Waals surface area contributed by atoms with Crippen molar-refractivity contribution in [2.45, 2.75) is 19.8 Å². The molecule has 0 heterocycles. The zero-order chi connectivity index (χ0) is 17.5. The molecule has 0 saturated carbocycles. The van der Waals surface area contributed by atoms with Gasteiger partial charge in [0.25, 0.3) is 5.91 Å². The Morgan fingerprint density at radius 1 is 1.08 bits per heavy atom. The molecule has 0 unspecified atom stereocenters. The lowest BCUT2D eigenvalue weighted by Gasteiger charge is -2.24. The number of ether oxygens (including phenoxy) is 1. The number of allylic oxidation sites excluding steroid dienone is 2. The van der Waals surface area contributed by atoms with Crippen LogP contribution >= 0.6 is 0 Å². The molecule has 3 N–H and O–H groups in total. The third-order valence-electron chi connectivity index (χ3n) is 3.81. The van der Waals surface area contributed by atoms with Crippen LogP contribution in [0.25, 0.3) is 0 Å². The summed E-state index contributed by atoms with van der Waals surface area (Å²) in [6, 6.07) is 6.48. The topological polar surface area (TPSA) is 105 Å². The zero-order valence-corrected chi connectivity index (χ0v) is 13.3. The molecule has 0 spiro atoms. The first-order valence-corrected chi connectivity index (χ1v) is 7.73. The van der Waals surface area contributed by atoms with Gasteiger partial charge in [0, 0.05) is 5.56 Å². The van der Waals surface area contributed by atoms with Crippen molar-refractivity contribution in [2.24, 2.45) is 11.8 Å². The van der Waals surface area contributed by atoms with Gasteiger partial charge in [0.1, 0.15) is 5.75 Å². The van der Waals surface area contributed by atoms with E-state index in [0.717, 1.165) is 0 Å². The summed E-state index contributed by atoms with van der Waals surface area (Å²) in [5.74, 6) is -2.84. The summed E-state index contributed by atoms with van der Waals surface area (Å²) in [5, 5.41) is 9.17. The second-order valence-corrected chi connectivity index (χ2v) is 5.39. The van der Waals surface area contributed by atoms with Gasteiger partial charge in [0.15, 0.2) is 0 Å². The van der Waals surface area contributed by atoms with E-state index in [1.807, 2.05) is 6.92 Å². The maximum Gasteiger partial charge on any atom is 0.307 e. The number of hydrogen-bond donors (Lipinski definition) is 3. The van der Waals surface area contributed by atoms with Crippen molar-refractivity contribution in [2.75, 3.05) is 6.61 Å². The lowest BCUT2D eigenvalue weighted by molar-refractivity contribution is -0.147. The number of carboxylic acid groups (broad SMARTS) is 1. The summed E-state index contributed by atoms with van der Waals surface area (Å²) in [6.07, 6.45) is 4.17. The molecule has 24 heavy (non-hydrogen) atoms. The highest BCUT2D eigenvalue weighted by Gasteiger charge is 2.34. The molecular weight excluding hydrogens is 312 g/mol. The van der Waals surface area contributed by atoms with E-state index in [0.29, 0.717) is 30.8 Å². The van der Waals surface area contributed by atoms with Crippen molar-refractivity contribution in [3.8, 4) is 5.75 Å². The number of hydrazine groups is 1. The fourth-order valence-corrected chi connectivity index (χ4v) is 2.53. The molecule has 0 radical (unpaired) electrons. The smallest absolute Gasteiger partial charge is 0.307 e. The molecule has 1 aromatic carbocycles. The van der Waals surface area contributed by atoms with E-state index in [9.17, 15) is 14.4 Å². The Bertz CT molecular complexity index is 639. The number of carboxylic acids is 1. The first kappa shape index (κ1) is 17.5. The standard InChI is InChI=1S/C17H20N2O5/c1-2-24-12-9-7-11(8-10-12)15(20)18-19-16(21)13-5-3-4-6-14(13)17(22)23/h3-4,7-10,13-14H,2,5-6H2,1H3,(H,18,20)(H,19,21)(H,22,23)/t13-,14-/m0/s1. The average Bonchev–Trinajstić information content (AvgIpc) is 2.60. The molecule has 0 aromatic heterocycles. The first-order valence-electron chi connectivity index (χ1n) is 7.73. The Hall–Kier alpha value is -2.83. The molecule has 2 atom stereocenters. The third kappa shape index (κ3) is 4.34. The molecule has 7 heteroatoms. The van der Waals surface area contributed by atoms with Crippen molar-refractivity contribution in [1.29, 1.82) is 0 Å². The monoisotopic (exact) mass is 332 g/mol. The highest BCUT2D eigenvalue weighted by atomic mass is 16.5. The van der Waals surface area contributed by atoms with Crippen molar-refractivity contribution in [3.63, 3.8) is 0 Å². The predicted molar refractivity (Wildman–Crippen MR) is 86.2 cm³/mol. The van der Waals surface area contributed by atoms with Crippen LogP contribution in [0.1, 0.15) is 30.1 Å². The number of carbonyl (C=O) groups is 3. The average molecular weight is 332 g/mol. The second kappa shape index (κ2) is 8.14. The minimum atomic E-state index is -1.02. The number of rotatable bonds is 5. The maximum atomic E-state index is 12.1. The largest absolute Gasteiger partial charge is 0.494 e. The highest BCUT2D eigenvalue weighted by molar-refractivity contribution is 5.96. The van der Waals surface area contributed by atoms with Crippen LogP contribution in [0.15, 0.2) is 36.4 Å². The first-order chi connectivity index (χ1) is 11.5. The number of amides is 2. The highest BCUT2D eigenvalue weighted by Crippen LogP contribution is 2.25. The van der Waals surface area contributed by atoms with Crippen molar-refractivity contribution >= 4 is 17.8 Å². The van der Waals surface area contributed by atoms with Crippen LogP contribution < -0.4 is 15.6 Å². The van der Waals surface area contributed by atoms with Gasteiger partial charge in [-0.3, -0.25) is 25.2 Å². The van der Waals surface area contributed by atoms with Crippen LogP contribution in [0.4, 0.5) is 0 Å². The minimum absolute atomic E-state index is 0.306. The Morgan fingerprint density at radius 3 is 2.29 bits per heavy atom. The van der Waals surface area contributed by atoms with Crippen molar-refractivity contribution in [3.05, 3.63) is 42.0 Å². The summed E-state index contributed by atoms with van der Waals surface area (Å²) in [6.45, 7) is 2.39. The summed E-state index contributed by atoms with van der Waals surface area (Å²) in [7, 11) is 0. The Labute approximate surface area is 139 Å². The summed E-state index contributed by atoms with van der Waals surface area (Å²) < 4.78 is 5.29. The predicted octanol–water partition coefficient (Wildman–Crippen LogP) is 1.51. The van der Waals surface area contributed by atoms with E-state index in [4.69, 9.17) is 9.84 Å². The summed E-state index contributed by atoms with van der Waals surface area (Å²) >= 11 is 0. The Balaban J connectivity index is 1.91. The van der Waals surface area contributed by atoms with Gasteiger partial charge in [-0.25, -0.2) is 0 Å². The van der Waals surface area contributed by atoms with E-state index in [1.165, 1.54) is 0 Å². The Kier molecular flexibility index (Phi) is 5.95. The molecule has 1 aromatic rings. The molecule has 2 rings (SSSR count). The van der Waals surface area contributed by atoms with Gasteiger partial charge >= 0.3 is 5.97 Å². The third-order valence-corrected chi connectivity index (χ3v) is 3.81. The van der Waals surface area contributed by atoms with E-state index in [-0.39, 0.29) is 0 Å². The second-order valence-electron chi connectivity index (χ2n) is 5.39. The van der Waals surface area contributed by atoms with Crippen LogP contribution in [-0.2, 0) is 9.59 Å². The SMILES string of the molecule is CCOc1ccc(C(=O)NNC(=O)[C@H]2CC=CC[C@@H]2C(=O)O)cc1. The van der Waals surface area contributed by atoms with Crippen LogP contribution in [-0.4, -0.2) is 29.5 Å². The summed E-state index contributed by atoms with van der Waals surface area (Å²) in [5.41, 5.74) is 4.98. The maximum absolute atomic E-state index is 12.1. The van der Waals surface area contributed by atoms with E-state index in [1.54, 1.807) is 36.4 Å². The van der Waals surface area contributed by atoms with Crippen molar-refractivity contribution < 1.29 is 24.2 Å². The quantitative estimate of drug-likeness (QED) is 0.560. The lowest BCUT2D eigenvalue weighted by atomic mass is 9.82. The van der Waals surface area contributed by atoms with Crippen LogP contribution in [0.5, 0.6) is 5.75 Å². The molecule has 2 amide bonds. The number of aliphatic carboxylic acids is 1. The molecule has 0 aliphatic heterocycles. The van der Waals surface area contributed by atoms with Gasteiger partial charge in [-0.15, -0.1) is 0 Å². The van der Waals surface area contributed by atoms with Gasteiger partial charge in [0.05, 0.1) is 18.4 Å². The van der Waals surface area contributed by atoms with E-state index >= 15 is 0 Å². The number of hydrogen-bond acceptors (Lipinski definition) is 4. The molecule has 1 aliphatic carbocycles. The van der Waals surface area contributed by atoms with Crippen LogP contribution in [0.3, 0.4) is 0 Å². The fraction of sp³-hybridized carbons (Fsp3) is 0.353. The van der Waals surface area contributed by atoms with E-state index in [2.05, 4.69) is 10.9 Å². The fourth-order valence-electron chi connectivity index (χ4n) is 2.53. The molecular formula is C17H20N2O5. The van der Waals surface area contributed by atoms with Gasteiger partial charge in [-0.1, -0.05) is 12.2 Å². The van der Waals surface area contributed by atoms with Gasteiger partial charge < -0.3 is 9.84 Å². The molecule has 7 nitrogen and oxygen atoms in total. The molecule has 128 valence electrons. The number of benzene rings is 1. The number of nitrogens with one attached hydrogen (secondary N) is 2. The van der Waals surface area contributed by atoms with Crippen LogP contribution in [0, 0.1) is 11.8 Å².